The second kappa shape index (κ2) is 6.59. The molecule has 0 heterocycles. The van der Waals surface area contributed by atoms with Gasteiger partial charge in [-0.25, -0.2) is 8.78 Å². The molecule has 0 aliphatic carbocycles. The third-order valence-corrected chi connectivity index (χ3v) is 3.16. The van der Waals surface area contributed by atoms with Crippen LogP contribution in [-0.4, -0.2) is 5.11 Å². The summed E-state index contributed by atoms with van der Waals surface area (Å²) in [6.07, 6.45) is 0. The third kappa shape index (κ3) is 3.62. The zero-order chi connectivity index (χ0) is 14.5. The van der Waals surface area contributed by atoms with Gasteiger partial charge in [0.2, 0.25) is 0 Å². The quantitative estimate of drug-likeness (QED) is 0.880. The average molecular weight is 277 g/mol. The number of aliphatic hydroxyl groups excluding tert-OH is 1. The summed E-state index contributed by atoms with van der Waals surface area (Å²) in [5.74, 6) is -0.606. The summed E-state index contributed by atoms with van der Waals surface area (Å²) in [5.41, 5.74) is 2.80. The number of aryl methyl sites for hydroxylation is 1. The number of rotatable bonds is 5. The van der Waals surface area contributed by atoms with Gasteiger partial charge in [0.1, 0.15) is 11.6 Å². The highest BCUT2D eigenvalue weighted by atomic mass is 19.1. The molecule has 0 aliphatic heterocycles. The van der Waals surface area contributed by atoms with Crippen molar-refractivity contribution < 1.29 is 13.9 Å². The third-order valence-electron chi connectivity index (χ3n) is 3.16. The van der Waals surface area contributed by atoms with Crippen LogP contribution in [0.15, 0.2) is 36.4 Å². The molecule has 0 aliphatic rings. The second-order valence-electron chi connectivity index (χ2n) is 4.77. The Labute approximate surface area is 117 Å². The summed E-state index contributed by atoms with van der Waals surface area (Å²) in [5, 5.41) is 12.2. The van der Waals surface area contributed by atoms with Crippen molar-refractivity contribution in [2.75, 3.05) is 0 Å². The lowest BCUT2D eigenvalue weighted by atomic mass is 10.1. The molecule has 0 bridgehead atoms. The van der Waals surface area contributed by atoms with Crippen LogP contribution in [0.1, 0.15) is 22.3 Å². The van der Waals surface area contributed by atoms with Gasteiger partial charge in [-0.05, 0) is 41.8 Å². The number of benzene rings is 2. The Morgan fingerprint density at radius 2 is 1.55 bits per heavy atom. The first-order valence-electron chi connectivity index (χ1n) is 6.44. The molecule has 20 heavy (non-hydrogen) atoms. The van der Waals surface area contributed by atoms with Gasteiger partial charge in [0.15, 0.2) is 0 Å². The predicted octanol–water partition coefficient (Wildman–Crippen LogP) is 3.06. The molecule has 106 valence electrons. The van der Waals surface area contributed by atoms with E-state index in [1.54, 1.807) is 31.2 Å². The van der Waals surface area contributed by atoms with Crippen molar-refractivity contribution in [3.05, 3.63) is 70.3 Å². The van der Waals surface area contributed by atoms with Crippen molar-refractivity contribution in [1.82, 2.24) is 5.32 Å². The van der Waals surface area contributed by atoms with Crippen molar-refractivity contribution in [2.45, 2.75) is 26.6 Å². The van der Waals surface area contributed by atoms with Crippen LogP contribution in [-0.2, 0) is 19.7 Å². The Hall–Kier alpha value is -1.78. The fraction of sp³-hybridized carbons (Fsp3) is 0.250. The molecule has 4 heteroatoms. The van der Waals surface area contributed by atoms with Crippen LogP contribution >= 0.6 is 0 Å². The first-order valence-corrected chi connectivity index (χ1v) is 6.44. The predicted molar refractivity (Wildman–Crippen MR) is 74.0 cm³/mol. The van der Waals surface area contributed by atoms with Gasteiger partial charge in [0.05, 0.1) is 6.61 Å². The van der Waals surface area contributed by atoms with Gasteiger partial charge in [0.25, 0.3) is 0 Å². The van der Waals surface area contributed by atoms with Gasteiger partial charge in [-0.2, -0.15) is 0 Å². The molecule has 0 atom stereocenters. The molecular formula is C16H17F2NO. The normalized spacial score (nSPS) is 10.8. The maximum absolute atomic E-state index is 13.2. The lowest BCUT2D eigenvalue weighted by Crippen LogP contribution is -2.13. The van der Waals surface area contributed by atoms with Crippen LogP contribution in [0.4, 0.5) is 8.78 Å². The Bertz CT molecular complexity index is 599. The summed E-state index contributed by atoms with van der Waals surface area (Å²) in [7, 11) is 0. The molecule has 0 spiro atoms. The van der Waals surface area contributed by atoms with Gasteiger partial charge < -0.3 is 10.4 Å². The molecule has 0 amide bonds. The first-order chi connectivity index (χ1) is 9.60. The molecular weight excluding hydrogens is 260 g/mol. The number of aliphatic hydroxyl groups is 1. The smallest absolute Gasteiger partial charge is 0.128 e. The Kier molecular flexibility index (Phi) is 4.82. The monoisotopic (exact) mass is 277 g/mol. The van der Waals surface area contributed by atoms with E-state index in [0.717, 1.165) is 11.1 Å². The van der Waals surface area contributed by atoms with E-state index in [0.29, 0.717) is 24.2 Å². The van der Waals surface area contributed by atoms with Crippen LogP contribution in [0, 0.1) is 18.6 Å². The molecule has 2 aromatic carbocycles. The molecule has 2 nitrogen and oxygen atoms in total. The van der Waals surface area contributed by atoms with E-state index in [4.69, 9.17) is 5.11 Å². The summed E-state index contributed by atoms with van der Waals surface area (Å²) >= 11 is 0. The standard InChI is InChI=1S/C16H17F2NO/c1-11-6-12(2-4-15(11)17)8-19-9-13-3-5-16(18)14(7-13)10-20/h2-7,19-20H,8-10H2,1H3. The highest BCUT2D eigenvalue weighted by Crippen LogP contribution is 2.12. The SMILES string of the molecule is Cc1cc(CNCc2ccc(F)c(CO)c2)ccc1F. The van der Waals surface area contributed by atoms with Crippen molar-refractivity contribution in [2.24, 2.45) is 0 Å². The van der Waals surface area contributed by atoms with E-state index in [1.165, 1.54) is 12.1 Å². The Morgan fingerprint density at radius 1 is 0.950 bits per heavy atom. The van der Waals surface area contributed by atoms with Crippen molar-refractivity contribution in [3.63, 3.8) is 0 Å². The summed E-state index contributed by atoms with van der Waals surface area (Å²) < 4.78 is 26.4. The van der Waals surface area contributed by atoms with Crippen molar-refractivity contribution >= 4 is 0 Å². The first kappa shape index (κ1) is 14.6. The van der Waals surface area contributed by atoms with E-state index in [-0.39, 0.29) is 12.4 Å². The highest BCUT2D eigenvalue weighted by molar-refractivity contribution is 5.26. The van der Waals surface area contributed by atoms with Crippen LogP contribution < -0.4 is 5.32 Å². The minimum atomic E-state index is -0.398. The van der Waals surface area contributed by atoms with Crippen LogP contribution in [0.25, 0.3) is 0 Å². The molecule has 2 N–H and O–H groups in total. The van der Waals surface area contributed by atoms with Crippen molar-refractivity contribution in [1.29, 1.82) is 0 Å². The molecule has 0 saturated heterocycles. The fourth-order valence-electron chi connectivity index (χ4n) is 2.03. The second-order valence-corrected chi connectivity index (χ2v) is 4.77. The Balaban J connectivity index is 1.94. The molecule has 2 rings (SSSR count). The van der Waals surface area contributed by atoms with E-state index >= 15 is 0 Å². The van der Waals surface area contributed by atoms with Crippen LogP contribution in [0.5, 0.6) is 0 Å². The highest BCUT2D eigenvalue weighted by Gasteiger charge is 2.03. The lowest BCUT2D eigenvalue weighted by molar-refractivity contribution is 0.275. The van der Waals surface area contributed by atoms with E-state index in [1.807, 2.05) is 0 Å². The van der Waals surface area contributed by atoms with Crippen LogP contribution in [0.3, 0.4) is 0 Å². The van der Waals surface area contributed by atoms with E-state index in [2.05, 4.69) is 5.32 Å². The zero-order valence-electron chi connectivity index (χ0n) is 11.3. The fourth-order valence-corrected chi connectivity index (χ4v) is 2.03. The van der Waals surface area contributed by atoms with Crippen LogP contribution in [0.2, 0.25) is 0 Å². The summed E-state index contributed by atoms with van der Waals surface area (Å²) in [6, 6.07) is 9.65. The number of nitrogens with one attached hydrogen (secondary N) is 1. The van der Waals surface area contributed by atoms with E-state index < -0.39 is 5.82 Å². The minimum absolute atomic E-state index is 0.208. The number of hydrogen-bond acceptors (Lipinski definition) is 2. The molecule has 0 fully saturated rings. The maximum Gasteiger partial charge on any atom is 0.128 e. The summed E-state index contributed by atoms with van der Waals surface area (Å²) in [4.78, 5) is 0. The van der Waals surface area contributed by atoms with Gasteiger partial charge in [-0.15, -0.1) is 0 Å². The lowest BCUT2D eigenvalue weighted by Gasteiger charge is -2.08. The van der Waals surface area contributed by atoms with Gasteiger partial charge in [-0.1, -0.05) is 18.2 Å². The van der Waals surface area contributed by atoms with E-state index in [9.17, 15) is 8.78 Å². The molecule has 2 aromatic rings. The molecule has 0 aromatic heterocycles. The zero-order valence-corrected chi connectivity index (χ0v) is 11.3. The molecule has 0 radical (unpaired) electrons. The van der Waals surface area contributed by atoms with Gasteiger partial charge >= 0.3 is 0 Å². The summed E-state index contributed by atoms with van der Waals surface area (Å²) in [6.45, 7) is 2.58. The Morgan fingerprint density at radius 3 is 2.15 bits per heavy atom. The number of hydrogen-bond donors (Lipinski definition) is 2. The number of halogens is 2. The average Bonchev–Trinajstić information content (AvgIpc) is 2.44. The maximum atomic E-state index is 13.2. The molecule has 0 unspecified atom stereocenters. The topological polar surface area (TPSA) is 32.3 Å². The van der Waals surface area contributed by atoms with Crippen molar-refractivity contribution in [3.8, 4) is 0 Å². The van der Waals surface area contributed by atoms with Gasteiger partial charge in [-0.3, -0.25) is 0 Å². The minimum Gasteiger partial charge on any atom is -0.392 e. The van der Waals surface area contributed by atoms with Gasteiger partial charge in [0, 0.05) is 18.7 Å². The molecule has 0 saturated carbocycles. The largest absolute Gasteiger partial charge is 0.392 e.